The van der Waals surface area contributed by atoms with Gasteiger partial charge in [0, 0.05) is 18.6 Å². The summed E-state index contributed by atoms with van der Waals surface area (Å²) in [7, 11) is 4.29. The summed E-state index contributed by atoms with van der Waals surface area (Å²) < 4.78 is 0. The molecule has 1 rings (SSSR count). The summed E-state index contributed by atoms with van der Waals surface area (Å²) in [5, 5.41) is 7.15. The van der Waals surface area contributed by atoms with Crippen molar-refractivity contribution in [3.05, 3.63) is 0 Å². The maximum atomic E-state index is 3.76. The van der Waals surface area contributed by atoms with Crippen molar-refractivity contribution < 1.29 is 0 Å². The summed E-state index contributed by atoms with van der Waals surface area (Å²) in [6.45, 7) is 5.77. The first kappa shape index (κ1) is 12.0. The van der Waals surface area contributed by atoms with Crippen molar-refractivity contribution in [2.24, 2.45) is 0 Å². The molecule has 0 aromatic rings. The molecule has 3 nitrogen and oxygen atoms in total. The maximum absolute atomic E-state index is 3.76. The Bertz CT molecular complexity index is 141. The molecule has 0 aromatic heterocycles. The van der Waals surface area contributed by atoms with E-state index in [1.54, 1.807) is 0 Å². The van der Waals surface area contributed by atoms with Crippen molar-refractivity contribution in [2.75, 3.05) is 33.7 Å². The van der Waals surface area contributed by atoms with Gasteiger partial charge in [-0.05, 0) is 46.4 Å². The Labute approximate surface area is 88.2 Å². The van der Waals surface area contributed by atoms with Crippen molar-refractivity contribution in [2.45, 2.75) is 38.3 Å². The average molecular weight is 199 g/mol. The van der Waals surface area contributed by atoms with Gasteiger partial charge >= 0.3 is 0 Å². The molecule has 1 aliphatic rings. The summed E-state index contributed by atoms with van der Waals surface area (Å²) in [6.07, 6.45) is 3.79. The second-order valence-electron chi connectivity index (χ2n) is 4.56. The first-order valence-corrected chi connectivity index (χ1v) is 5.84. The second kappa shape index (κ2) is 6.38. The van der Waals surface area contributed by atoms with E-state index in [0.29, 0.717) is 6.04 Å². The van der Waals surface area contributed by atoms with Crippen LogP contribution >= 0.6 is 0 Å². The Morgan fingerprint density at radius 1 is 1.36 bits per heavy atom. The molecule has 0 amide bonds. The van der Waals surface area contributed by atoms with E-state index in [0.717, 1.165) is 12.6 Å². The normalized spacial score (nSPS) is 21.4. The third kappa shape index (κ3) is 4.40. The molecule has 0 radical (unpaired) electrons. The zero-order valence-electron chi connectivity index (χ0n) is 9.84. The highest BCUT2D eigenvalue weighted by Gasteiger charge is 2.16. The van der Waals surface area contributed by atoms with E-state index in [-0.39, 0.29) is 0 Å². The van der Waals surface area contributed by atoms with Crippen molar-refractivity contribution in [3.63, 3.8) is 0 Å². The molecule has 1 unspecified atom stereocenters. The van der Waals surface area contributed by atoms with Gasteiger partial charge in [0.1, 0.15) is 0 Å². The summed E-state index contributed by atoms with van der Waals surface area (Å²) in [4.78, 5) is 2.27. The van der Waals surface area contributed by atoms with Gasteiger partial charge in [0.2, 0.25) is 0 Å². The fourth-order valence-corrected chi connectivity index (χ4v) is 2.06. The molecule has 1 aliphatic heterocycles. The van der Waals surface area contributed by atoms with Crippen LogP contribution in [0.25, 0.3) is 0 Å². The minimum Gasteiger partial charge on any atom is -0.317 e. The molecule has 1 fully saturated rings. The van der Waals surface area contributed by atoms with Crippen molar-refractivity contribution >= 4 is 0 Å². The number of nitrogens with zero attached hydrogens (tertiary/aromatic N) is 1. The predicted molar refractivity (Wildman–Crippen MR) is 61.7 cm³/mol. The molecule has 1 heterocycles. The van der Waals surface area contributed by atoms with Crippen LogP contribution in [-0.4, -0.2) is 50.7 Å². The van der Waals surface area contributed by atoms with Crippen molar-refractivity contribution in [1.82, 2.24) is 15.5 Å². The van der Waals surface area contributed by atoms with E-state index >= 15 is 0 Å². The zero-order chi connectivity index (χ0) is 10.4. The van der Waals surface area contributed by atoms with Crippen LogP contribution in [0.5, 0.6) is 0 Å². The number of nitrogens with one attached hydrogen (secondary N) is 2. The number of piperidine rings is 1. The molecule has 0 bridgehead atoms. The Hall–Kier alpha value is -0.120. The smallest absolute Gasteiger partial charge is 0.0194 e. The van der Waals surface area contributed by atoms with Crippen molar-refractivity contribution in [1.29, 1.82) is 0 Å². The lowest BCUT2D eigenvalue weighted by Crippen LogP contribution is -2.47. The highest BCUT2D eigenvalue weighted by molar-refractivity contribution is 4.79. The first-order valence-electron chi connectivity index (χ1n) is 5.84. The second-order valence-corrected chi connectivity index (χ2v) is 4.56. The third-order valence-corrected chi connectivity index (χ3v) is 2.89. The molecule has 0 spiro atoms. The summed E-state index contributed by atoms with van der Waals surface area (Å²) in [5.74, 6) is 0. The van der Waals surface area contributed by atoms with Gasteiger partial charge in [-0.15, -0.1) is 0 Å². The van der Waals surface area contributed by atoms with E-state index < -0.39 is 0 Å². The highest BCUT2D eigenvalue weighted by atomic mass is 15.1. The fraction of sp³-hybridized carbons (Fsp3) is 1.00. The van der Waals surface area contributed by atoms with E-state index in [2.05, 4.69) is 36.6 Å². The number of likely N-dealkylation sites (N-methyl/N-ethyl adjacent to an activating group) is 1. The minimum atomic E-state index is 0.660. The lowest BCUT2D eigenvalue weighted by Gasteiger charge is -2.29. The van der Waals surface area contributed by atoms with E-state index in [1.165, 1.54) is 32.4 Å². The van der Waals surface area contributed by atoms with Crippen LogP contribution in [0.4, 0.5) is 0 Å². The number of rotatable bonds is 5. The topological polar surface area (TPSA) is 27.3 Å². The molecule has 0 aliphatic carbocycles. The van der Waals surface area contributed by atoms with Crippen LogP contribution in [0, 0.1) is 0 Å². The standard InChI is InChI=1S/C11H25N3/c1-4-10(9-14(2)3)13-11-5-7-12-8-6-11/h10-13H,4-9H2,1-3H3. The van der Waals surface area contributed by atoms with Gasteiger partial charge in [-0.3, -0.25) is 0 Å². The molecule has 1 atom stereocenters. The van der Waals surface area contributed by atoms with Crippen LogP contribution in [0.15, 0.2) is 0 Å². The average Bonchev–Trinajstić information content (AvgIpc) is 2.17. The Morgan fingerprint density at radius 2 is 2.00 bits per heavy atom. The molecule has 1 saturated heterocycles. The molecular weight excluding hydrogens is 174 g/mol. The SMILES string of the molecule is CCC(CN(C)C)NC1CCNCC1. The van der Waals surface area contributed by atoms with Gasteiger partial charge in [-0.25, -0.2) is 0 Å². The Balaban J connectivity index is 2.23. The predicted octanol–water partition coefficient (Wildman–Crippen LogP) is 0.668. The molecule has 0 aromatic carbocycles. The van der Waals surface area contributed by atoms with Crippen LogP contribution in [0.3, 0.4) is 0 Å². The van der Waals surface area contributed by atoms with Crippen molar-refractivity contribution in [3.8, 4) is 0 Å². The van der Waals surface area contributed by atoms with Gasteiger partial charge in [-0.1, -0.05) is 6.92 Å². The van der Waals surface area contributed by atoms with Gasteiger partial charge in [0.05, 0.1) is 0 Å². The van der Waals surface area contributed by atoms with Crippen LogP contribution in [-0.2, 0) is 0 Å². The number of hydrogen-bond donors (Lipinski definition) is 2. The third-order valence-electron chi connectivity index (χ3n) is 2.89. The minimum absolute atomic E-state index is 0.660. The number of hydrogen-bond acceptors (Lipinski definition) is 3. The van der Waals surface area contributed by atoms with Crippen LogP contribution in [0.1, 0.15) is 26.2 Å². The summed E-state index contributed by atoms with van der Waals surface area (Å²) >= 11 is 0. The largest absolute Gasteiger partial charge is 0.317 e. The molecule has 14 heavy (non-hydrogen) atoms. The lowest BCUT2D eigenvalue weighted by molar-refractivity contribution is 0.284. The molecular formula is C11H25N3. The van der Waals surface area contributed by atoms with Crippen LogP contribution < -0.4 is 10.6 Å². The zero-order valence-corrected chi connectivity index (χ0v) is 9.84. The lowest BCUT2D eigenvalue weighted by atomic mass is 10.0. The Kier molecular flexibility index (Phi) is 5.45. The quantitative estimate of drug-likeness (QED) is 0.681. The summed E-state index contributed by atoms with van der Waals surface area (Å²) in [6, 6.07) is 1.40. The molecule has 84 valence electrons. The Morgan fingerprint density at radius 3 is 2.50 bits per heavy atom. The maximum Gasteiger partial charge on any atom is 0.0194 e. The van der Waals surface area contributed by atoms with Gasteiger partial charge < -0.3 is 15.5 Å². The highest BCUT2D eigenvalue weighted by Crippen LogP contribution is 2.05. The van der Waals surface area contributed by atoms with Gasteiger partial charge in [0.25, 0.3) is 0 Å². The first-order chi connectivity index (χ1) is 6.72. The summed E-state index contributed by atoms with van der Waals surface area (Å²) in [5.41, 5.74) is 0. The van der Waals surface area contributed by atoms with Gasteiger partial charge in [0.15, 0.2) is 0 Å². The van der Waals surface area contributed by atoms with Crippen LogP contribution in [0.2, 0.25) is 0 Å². The monoisotopic (exact) mass is 199 g/mol. The van der Waals surface area contributed by atoms with E-state index in [9.17, 15) is 0 Å². The molecule has 0 saturated carbocycles. The molecule has 3 heteroatoms. The fourth-order valence-electron chi connectivity index (χ4n) is 2.06. The molecule has 2 N–H and O–H groups in total. The van der Waals surface area contributed by atoms with E-state index in [4.69, 9.17) is 0 Å². The van der Waals surface area contributed by atoms with Gasteiger partial charge in [-0.2, -0.15) is 0 Å². The van der Waals surface area contributed by atoms with E-state index in [1.807, 2.05) is 0 Å².